The van der Waals surface area contributed by atoms with E-state index in [0.29, 0.717) is 24.3 Å². The Morgan fingerprint density at radius 2 is 1.92 bits per heavy atom. The number of benzene rings is 2. The van der Waals surface area contributed by atoms with Gasteiger partial charge in [0, 0.05) is 19.1 Å². The maximum absolute atomic E-state index is 11.2. The predicted octanol–water partition coefficient (Wildman–Crippen LogP) is 3.95. The van der Waals surface area contributed by atoms with Gasteiger partial charge in [0.05, 0.1) is 0 Å². The Morgan fingerprint density at radius 1 is 1.20 bits per heavy atom. The molecule has 0 saturated carbocycles. The Bertz CT molecular complexity index is 743. The van der Waals surface area contributed by atoms with Crippen LogP contribution in [-0.4, -0.2) is 41.7 Å². The number of ether oxygens (including phenoxy) is 1. The first-order chi connectivity index (χ1) is 12.1. The van der Waals surface area contributed by atoms with Gasteiger partial charge in [0.2, 0.25) is 0 Å². The molecule has 2 atom stereocenters. The molecular weight excluding hydrogens is 314 g/mol. The number of rotatable bonds is 6. The van der Waals surface area contributed by atoms with Crippen LogP contribution in [0.25, 0.3) is 0 Å². The van der Waals surface area contributed by atoms with Crippen molar-refractivity contribution >= 4 is 5.97 Å². The average Bonchev–Trinajstić information content (AvgIpc) is 2.96. The SMILES string of the molecule is Cc1ccccc1C1CC(C)N(CCOc2ccccc2C(=O)O)C1. The highest BCUT2D eigenvalue weighted by atomic mass is 16.5. The largest absolute Gasteiger partial charge is 0.491 e. The van der Waals surface area contributed by atoms with Crippen LogP contribution in [-0.2, 0) is 0 Å². The lowest BCUT2D eigenvalue weighted by atomic mass is 9.93. The average molecular weight is 339 g/mol. The maximum atomic E-state index is 11.2. The van der Waals surface area contributed by atoms with E-state index in [0.717, 1.165) is 19.5 Å². The zero-order valence-corrected chi connectivity index (χ0v) is 14.8. The van der Waals surface area contributed by atoms with E-state index in [9.17, 15) is 9.90 Å². The van der Waals surface area contributed by atoms with E-state index < -0.39 is 5.97 Å². The molecule has 1 aliphatic heterocycles. The van der Waals surface area contributed by atoms with Crippen molar-refractivity contribution in [3.05, 3.63) is 65.2 Å². The first-order valence-corrected chi connectivity index (χ1v) is 8.81. The molecule has 0 radical (unpaired) electrons. The summed E-state index contributed by atoms with van der Waals surface area (Å²) >= 11 is 0. The summed E-state index contributed by atoms with van der Waals surface area (Å²) in [6, 6.07) is 15.9. The van der Waals surface area contributed by atoms with Crippen LogP contribution in [0.3, 0.4) is 0 Å². The van der Waals surface area contributed by atoms with Crippen LogP contribution in [0.4, 0.5) is 0 Å². The molecule has 2 aromatic carbocycles. The lowest BCUT2D eigenvalue weighted by molar-refractivity contribution is 0.0691. The normalized spacial score (nSPS) is 20.6. The molecular formula is C21H25NO3. The third-order valence-electron chi connectivity index (χ3n) is 5.09. The molecule has 0 bridgehead atoms. The molecule has 1 saturated heterocycles. The Balaban J connectivity index is 1.58. The predicted molar refractivity (Wildman–Crippen MR) is 98.5 cm³/mol. The molecule has 1 heterocycles. The molecule has 2 aromatic rings. The molecule has 1 N–H and O–H groups in total. The molecule has 0 amide bonds. The van der Waals surface area contributed by atoms with Crippen LogP contribution in [0.5, 0.6) is 5.75 Å². The standard InChI is InChI=1S/C21H25NO3/c1-15-7-3-4-8-18(15)17-13-16(2)22(14-17)11-12-25-20-10-6-5-9-19(20)21(23)24/h3-10,16-17H,11-14H2,1-2H3,(H,23,24). The van der Waals surface area contributed by atoms with Gasteiger partial charge in [-0.05, 0) is 49.4 Å². The molecule has 2 unspecified atom stereocenters. The molecule has 1 fully saturated rings. The highest BCUT2D eigenvalue weighted by Gasteiger charge is 2.30. The van der Waals surface area contributed by atoms with E-state index in [1.807, 2.05) is 0 Å². The van der Waals surface area contributed by atoms with Crippen LogP contribution in [0.2, 0.25) is 0 Å². The van der Waals surface area contributed by atoms with Crippen molar-refractivity contribution in [2.24, 2.45) is 0 Å². The van der Waals surface area contributed by atoms with Crippen molar-refractivity contribution in [2.75, 3.05) is 19.7 Å². The van der Waals surface area contributed by atoms with Gasteiger partial charge in [-0.15, -0.1) is 0 Å². The summed E-state index contributed by atoms with van der Waals surface area (Å²) in [6.07, 6.45) is 1.15. The van der Waals surface area contributed by atoms with Crippen LogP contribution in [0.15, 0.2) is 48.5 Å². The van der Waals surface area contributed by atoms with Crippen molar-refractivity contribution in [1.29, 1.82) is 0 Å². The molecule has 4 heteroatoms. The smallest absolute Gasteiger partial charge is 0.339 e. The molecule has 0 aromatic heterocycles. The molecule has 25 heavy (non-hydrogen) atoms. The Labute approximate surface area is 149 Å². The minimum absolute atomic E-state index is 0.217. The number of carboxylic acid groups (broad SMARTS) is 1. The first-order valence-electron chi connectivity index (χ1n) is 8.81. The fourth-order valence-electron chi connectivity index (χ4n) is 3.72. The summed E-state index contributed by atoms with van der Waals surface area (Å²) in [5.74, 6) is 0.0459. The topological polar surface area (TPSA) is 49.8 Å². The second kappa shape index (κ2) is 7.70. The van der Waals surface area contributed by atoms with E-state index in [4.69, 9.17) is 4.74 Å². The summed E-state index contributed by atoms with van der Waals surface area (Å²) in [5.41, 5.74) is 3.01. The zero-order chi connectivity index (χ0) is 17.8. The molecule has 1 aliphatic rings. The van der Waals surface area contributed by atoms with Gasteiger partial charge in [-0.3, -0.25) is 4.90 Å². The van der Waals surface area contributed by atoms with Crippen molar-refractivity contribution < 1.29 is 14.6 Å². The van der Waals surface area contributed by atoms with Gasteiger partial charge in [0.1, 0.15) is 17.9 Å². The van der Waals surface area contributed by atoms with Crippen LogP contribution in [0, 0.1) is 6.92 Å². The lowest BCUT2D eigenvalue weighted by Gasteiger charge is -2.21. The van der Waals surface area contributed by atoms with Crippen molar-refractivity contribution in [2.45, 2.75) is 32.2 Å². The number of carboxylic acids is 1. The Hall–Kier alpha value is -2.33. The zero-order valence-electron chi connectivity index (χ0n) is 14.8. The highest BCUT2D eigenvalue weighted by molar-refractivity contribution is 5.90. The third kappa shape index (κ3) is 4.02. The number of aromatic carboxylic acids is 1. The second-order valence-electron chi connectivity index (χ2n) is 6.78. The summed E-state index contributed by atoms with van der Waals surface area (Å²) in [6.45, 7) is 6.75. The van der Waals surface area contributed by atoms with Crippen molar-refractivity contribution in [1.82, 2.24) is 4.90 Å². The molecule has 0 aliphatic carbocycles. The monoisotopic (exact) mass is 339 g/mol. The fourth-order valence-corrected chi connectivity index (χ4v) is 3.72. The molecule has 4 nitrogen and oxygen atoms in total. The summed E-state index contributed by atoms with van der Waals surface area (Å²) in [5, 5.41) is 9.21. The highest BCUT2D eigenvalue weighted by Crippen LogP contribution is 2.33. The van der Waals surface area contributed by atoms with E-state index in [-0.39, 0.29) is 5.56 Å². The van der Waals surface area contributed by atoms with Gasteiger partial charge in [-0.1, -0.05) is 36.4 Å². The van der Waals surface area contributed by atoms with Gasteiger partial charge in [-0.2, -0.15) is 0 Å². The summed E-state index contributed by atoms with van der Waals surface area (Å²) < 4.78 is 5.75. The van der Waals surface area contributed by atoms with E-state index in [2.05, 4.69) is 43.0 Å². The number of carbonyl (C=O) groups is 1. The van der Waals surface area contributed by atoms with Crippen molar-refractivity contribution in [3.8, 4) is 5.75 Å². The number of hydrogen-bond donors (Lipinski definition) is 1. The Kier molecular flexibility index (Phi) is 5.39. The Morgan fingerprint density at radius 3 is 2.68 bits per heavy atom. The molecule has 3 rings (SSSR count). The van der Waals surface area contributed by atoms with Crippen LogP contribution < -0.4 is 4.74 Å². The van der Waals surface area contributed by atoms with Gasteiger partial charge in [-0.25, -0.2) is 4.79 Å². The fraction of sp³-hybridized carbons (Fsp3) is 0.381. The number of likely N-dealkylation sites (tertiary alicyclic amines) is 1. The quantitative estimate of drug-likeness (QED) is 0.866. The summed E-state index contributed by atoms with van der Waals surface area (Å²) in [4.78, 5) is 13.7. The molecule has 132 valence electrons. The van der Waals surface area contributed by atoms with Gasteiger partial charge in [0.25, 0.3) is 0 Å². The number of para-hydroxylation sites is 1. The van der Waals surface area contributed by atoms with Gasteiger partial charge in [0.15, 0.2) is 0 Å². The van der Waals surface area contributed by atoms with Gasteiger partial charge >= 0.3 is 5.97 Å². The third-order valence-corrected chi connectivity index (χ3v) is 5.09. The van der Waals surface area contributed by atoms with E-state index >= 15 is 0 Å². The second-order valence-corrected chi connectivity index (χ2v) is 6.78. The number of hydrogen-bond acceptors (Lipinski definition) is 3. The lowest BCUT2D eigenvalue weighted by Crippen LogP contribution is -2.31. The van der Waals surface area contributed by atoms with E-state index in [1.54, 1.807) is 24.3 Å². The minimum Gasteiger partial charge on any atom is -0.491 e. The number of aryl methyl sites for hydroxylation is 1. The van der Waals surface area contributed by atoms with Gasteiger partial charge < -0.3 is 9.84 Å². The maximum Gasteiger partial charge on any atom is 0.339 e. The van der Waals surface area contributed by atoms with Crippen molar-refractivity contribution in [3.63, 3.8) is 0 Å². The molecule has 0 spiro atoms. The van der Waals surface area contributed by atoms with Crippen LogP contribution >= 0.6 is 0 Å². The van der Waals surface area contributed by atoms with E-state index in [1.165, 1.54) is 11.1 Å². The first kappa shape index (κ1) is 17.5. The van der Waals surface area contributed by atoms with Crippen LogP contribution in [0.1, 0.15) is 40.7 Å². The minimum atomic E-state index is -0.954. The summed E-state index contributed by atoms with van der Waals surface area (Å²) in [7, 11) is 0. The number of nitrogens with zero attached hydrogens (tertiary/aromatic N) is 1.